The molecule has 1 saturated heterocycles. The molecule has 116 valence electrons. The summed E-state index contributed by atoms with van der Waals surface area (Å²) in [6, 6.07) is 2.09. The number of hydrogen-bond donors (Lipinski definition) is 0. The third-order valence-electron chi connectivity index (χ3n) is 4.90. The van der Waals surface area contributed by atoms with E-state index in [-0.39, 0.29) is 11.2 Å². The van der Waals surface area contributed by atoms with Crippen molar-refractivity contribution in [2.45, 2.75) is 40.2 Å². The van der Waals surface area contributed by atoms with Crippen molar-refractivity contribution in [3.05, 3.63) is 29.5 Å². The molecule has 0 bridgehead atoms. The van der Waals surface area contributed by atoms with Crippen molar-refractivity contribution < 1.29 is 9.21 Å². The summed E-state index contributed by atoms with van der Waals surface area (Å²) in [7, 11) is 0. The zero-order valence-corrected chi connectivity index (χ0v) is 13.3. The molecule has 0 radical (unpaired) electrons. The molecule has 3 rings (SSSR count). The van der Waals surface area contributed by atoms with Gasteiger partial charge in [-0.3, -0.25) is 9.69 Å². The average molecular weight is 299 g/mol. The van der Waals surface area contributed by atoms with E-state index in [0.717, 1.165) is 43.9 Å². The Balaban J connectivity index is 1.81. The molecule has 0 aromatic carbocycles. The molecule has 0 N–H and O–H groups in total. The number of likely N-dealkylation sites (tertiary alicyclic amines) is 1. The number of nitriles is 1. The van der Waals surface area contributed by atoms with E-state index in [9.17, 15) is 10.1 Å². The Hall–Kier alpha value is -1.93. The molecular formula is C17H21N3O2. The lowest BCUT2D eigenvalue weighted by atomic mass is 9.64. The van der Waals surface area contributed by atoms with E-state index in [1.165, 1.54) is 6.39 Å². The molecule has 1 aliphatic heterocycles. The van der Waals surface area contributed by atoms with Gasteiger partial charge < -0.3 is 4.42 Å². The van der Waals surface area contributed by atoms with Crippen LogP contribution in [0.25, 0.3) is 0 Å². The van der Waals surface area contributed by atoms with Crippen molar-refractivity contribution in [3.63, 3.8) is 0 Å². The number of hydrogen-bond acceptors (Lipinski definition) is 5. The second-order valence-electron chi connectivity index (χ2n) is 7.24. The van der Waals surface area contributed by atoms with Gasteiger partial charge in [-0.05, 0) is 26.3 Å². The molecule has 5 heteroatoms. The monoisotopic (exact) mass is 299 g/mol. The average Bonchev–Trinajstić information content (AvgIpc) is 3.02. The second-order valence-corrected chi connectivity index (χ2v) is 7.24. The topological polar surface area (TPSA) is 70.1 Å². The van der Waals surface area contributed by atoms with Crippen molar-refractivity contribution in [2.24, 2.45) is 10.8 Å². The molecule has 1 spiro atoms. The Kier molecular flexibility index (Phi) is 3.45. The van der Waals surface area contributed by atoms with Crippen LogP contribution in [-0.4, -0.2) is 28.8 Å². The van der Waals surface area contributed by atoms with Crippen LogP contribution in [0.5, 0.6) is 0 Å². The van der Waals surface area contributed by atoms with Crippen LogP contribution in [0, 0.1) is 29.1 Å². The maximum atomic E-state index is 12.3. The zero-order chi connectivity index (χ0) is 16.0. The van der Waals surface area contributed by atoms with Crippen LogP contribution in [0.3, 0.4) is 0 Å². The fraction of sp³-hybridized carbons (Fsp3) is 0.588. The van der Waals surface area contributed by atoms with Crippen molar-refractivity contribution in [1.82, 2.24) is 9.88 Å². The van der Waals surface area contributed by atoms with Crippen LogP contribution in [0.2, 0.25) is 0 Å². The molecule has 1 aromatic heterocycles. The number of oxazole rings is 1. The maximum Gasteiger partial charge on any atom is 0.181 e. The highest BCUT2D eigenvalue weighted by Gasteiger charge is 2.48. The van der Waals surface area contributed by atoms with Gasteiger partial charge in [0.2, 0.25) is 0 Å². The highest BCUT2D eigenvalue weighted by molar-refractivity contribution is 6.03. The lowest BCUT2D eigenvalue weighted by Gasteiger charge is -2.38. The van der Waals surface area contributed by atoms with E-state index in [1.807, 2.05) is 26.8 Å². The summed E-state index contributed by atoms with van der Waals surface area (Å²) in [4.78, 5) is 18.7. The first-order valence-corrected chi connectivity index (χ1v) is 7.64. The third kappa shape index (κ3) is 2.48. The van der Waals surface area contributed by atoms with Crippen LogP contribution in [-0.2, 0) is 11.3 Å². The standard InChI is InChI=1S/C17H21N3O2/c1-12-14(22-11-19-12)8-20-5-4-17(10-20)6-13(7-18)15(21)16(2,3)9-17/h6,11H,4-5,8-10H2,1-3H3/t17-/m1/s1. The van der Waals surface area contributed by atoms with Gasteiger partial charge in [-0.25, -0.2) is 4.98 Å². The van der Waals surface area contributed by atoms with Crippen LogP contribution in [0.1, 0.15) is 38.1 Å². The van der Waals surface area contributed by atoms with Gasteiger partial charge in [-0.1, -0.05) is 19.9 Å². The van der Waals surface area contributed by atoms with Gasteiger partial charge in [-0.15, -0.1) is 0 Å². The molecule has 0 amide bonds. The summed E-state index contributed by atoms with van der Waals surface area (Å²) in [5, 5.41) is 9.27. The zero-order valence-electron chi connectivity index (χ0n) is 13.3. The van der Waals surface area contributed by atoms with Crippen LogP contribution < -0.4 is 0 Å². The number of carbonyl (C=O) groups is 1. The molecule has 5 nitrogen and oxygen atoms in total. The molecule has 2 heterocycles. The molecule has 1 atom stereocenters. The van der Waals surface area contributed by atoms with Crippen molar-refractivity contribution in [2.75, 3.05) is 13.1 Å². The first-order chi connectivity index (χ1) is 10.4. The minimum atomic E-state index is -0.460. The Morgan fingerprint density at radius 2 is 2.27 bits per heavy atom. The number of ketones is 1. The van der Waals surface area contributed by atoms with Crippen LogP contribution in [0.4, 0.5) is 0 Å². The molecule has 0 unspecified atom stereocenters. The Bertz CT molecular complexity index is 680. The largest absolute Gasteiger partial charge is 0.447 e. The van der Waals surface area contributed by atoms with E-state index in [1.54, 1.807) is 0 Å². The van der Waals surface area contributed by atoms with E-state index >= 15 is 0 Å². The van der Waals surface area contributed by atoms with E-state index in [0.29, 0.717) is 5.57 Å². The van der Waals surface area contributed by atoms with E-state index in [4.69, 9.17) is 4.42 Å². The van der Waals surface area contributed by atoms with Gasteiger partial charge in [0.05, 0.1) is 17.8 Å². The highest BCUT2D eigenvalue weighted by Crippen LogP contribution is 2.48. The van der Waals surface area contributed by atoms with Crippen molar-refractivity contribution in [3.8, 4) is 6.07 Å². The molecule has 1 aromatic rings. The molecule has 1 aliphatic carbocycles. The van der Waals surface area contributed by atoms with Crippen LogP contribution in [0.15, 0.2) is 22.5 Å². The Labute approximate surface area is 130 Å². The van der Waals surface area contributed by atoms with Gasteiger partial charge in [-0.2, -0.15) is 5.26 Å². The number of aromatic nitrogens is 1. The highest BCUT2D eigenvalue weighted by atomic mass is 16.3. The summed E-state index contributed by atoms with van der Waals surface area (Å²) in [5.41, 5.74) is 0.719. The predicted octanol–water partition coefficient (Wildman–Crippen LogP) is 2.62. The normalized spacial score (nSPS) is 27.9. The number of carbonyl (C=O) groups excluding carboxylic acids is 1. The lowest BCUT2D eigenvalue weighted by Crippen LogP contribution is -2.39. The number of Topliss-reactive ketones (excluding diaryl/α,β-unsaturated/α-hetero) is 1. The van der Waals surface area contributed by atoms with Gasteiger partial charge in [0, 0.05) is 17.4 Å². The predicted molar refractivity (Wildman–Crippen MR) is 80.7 cm³/mol. The summed E-state index contributed by atoms with van der Waals surface area (Å²) >= 11 is 0. The molecular weight excluding hydrogens is 278 g/mol. The molecule has 2 aliphatic rings. The molecule has 1 fully saturated rings. The van der Waals surface area contributed by atoms with Crippen LogP contribution >= 0.6 is 0 Å². The summed E-state index contributed by atoms with van der Waals surface area (Å²) in [5.74, 6) is 0.873. The molecule has 0 saturated carbocycles. The van der Waals surface area contributed by atoms with E-state index in [2.05, 4.69) is 16.0 Å². The SMILES string of the molecule is Cc1ncoc1CN1CC[C@]2(C=C(C#N)C(=O)C(C)(C)C2)C1. The number of aryl methyl sites for hydroxylation is 1. The van der Waals surface area contributed by atoms with Gasteiger partial charge in [0.15, 0.2) is 12.2 Å². The summed E-state index contributed by atoms with van der Waals surface area (Å²) in [6.45, 7) is 8.38. The smallest absolute Gasteiger partial charge is 0.181 e. The Morgan fingerprint density at radius 1 is 1.50 bits per heavy atom. The lowest BCUT2D eigenvalue weighted by molar-refractivity contribution is -0.125. The van der Waals surface area contributed by atoms with Gasteiger partial charge in [0.1, 0.15) is 11.8 Å². The first-order valence-electron chi connectivity index (χ1n) is 7.64. The summed E-state index contributed by atoms with van der Waals surface area (Å²) in [6.07, 6.45) is 5.18. The third-order valence-corrected chi connectivity index (χ3v) is 4.90. The fourth-order valence-electron chi connectivity index (χ4n) is 3.89. The fourth-order valence-corrected chi connectivity index (χ4v) is 3.89. The molecule has 22 heavy (non-hydrogen) atoms. The number of rotatable bonds is 2. The van der Waals surface area contributed by atoms with Crippen molar-refractivity contribution >= 4 is 5.78 Å². The number of nitrogens with zero attached hydrogens (tertiary/aromatic N) is 3. The van der Waals surface area contributed by atoms with E-state index < -0.39 is 5.41 Å². The van der Waals surface area contributed by atoms with Gasteiger partial charge in [0.25, 0.3) is 0 Å². The first kappa shape index (κ1) is 15.0. The minimum Gasteiger partial charge on any atom is -0.447 e. The number of allylic oxidation sites excluding steroid dienone is 1. The second kappa shape index (κ2) is 5.06. The summed E-state index contributed by atoms with van der Waals surface area (Å²) < 4.78 is 5.43. The maximum absolute atomic E-state index is 12.3. The quantitative estimate of drug-likeness (QED) is 0.839. The minimum absolute atomic E-state index is 0.0230. The Morgan fingerprint density at radius 3 is 2.91 bits per heavy atom. The van der Waals surface area contributed by atoms with Gasteiger partial charge >= 0.3 is 0 Å². The van der Waals surface area contributed by atoms with Crippen molar-refractivity contribution in [1.29, 1.82) is 5.26 Å².